The van der Waals surface area contributed by atoms with E-state index >= 15 is 0 Å². The molecule has 1 aliphatic rings. The highest BCUT2D eigenvalue weighted by Crippen LogP contribution is 2.27. The minimum atomic E-state index is -1.03. The van der Waals surface area contributed by atoms with Gasteiger partial charge in [0.05, 0.1) is 0 Å². The smallest absolute Gasteiger partial charge is 0.255 e. The van der Waals surface area contributed by atoms with Gasteiger partial charge < -0.3 is 10.2 Å². The molecule has 126 valence electrons. The van der Waals surface area contributed by atoms with E-state index in [9.17, 15) is 9.00 Å². The van der Waals surface area contributed by atoms with Crippen molar-refractivity contribution in [3.8, 4) is 0 Å². The number of carbonyl (C=O) groups excluding carboxylic acids is 1. The van der Waals surface area contributed by atoms with E-state index in [0.29, 0.717) is 5.56 Å². The molecule has 0 aromatic heterocycles. The highest BCUT2D eigenvalue weighted by atomic mass is 32.2. The second-order valence-electron chi connectivity index (χ2n) is 6.13. The van der Waals surface area contributed by atoms with Gasteiger partial charge in [0.25, 0.3) is 5.91 Å². The van der Waals surface area contributed by atoms with Gasteiger partial charge in [-0.15, -0.1) is 0 Å². The van der Waals surface area contributed by atoms with Crippen LogP contribution in [0.1, 0.15) is 28.8 Å². The fourth-order valence-electron chi connectivity index (χ4n) is 3.05. The van der Waals surface area contributed by atoms with Crippen molar-refractivity contribution in [2.75, 3.05) is 29.6 Å². The number of carbonyl (C=O) groups is 1. The van der Waals surface area contributed by atoms with Crippen LogP contribution < -0.4 is 10.2 Å². The van der Waals surface area contributed by atoms with Crippen LogP contribution in [0.15, 0.2) is 47.4 Å². The standard InChI is InChI=1S/C19H22N2O2S/c1-14-13-16(7-10-18(14)21-11-3-4-12-21)20-19(22)15-5-8-17(9-6-15)24(2)23/h5-10,13H,3-4,11-12H2,1-2H3,(H,20,22)/t24-/m1/s1. The molecule has 0 aliphatic carbocycles. The van der Waals surface area contributed by atoms with Gasteiger partial charge in [-0.25, -0.2) is 0 Å². The first kappa shape index (κ1) is 16.7. The van der Waals surface area contributed by atoms with Crippen molar-refractivity contribution in [1.29, 1.82) is 0 Å². The van der Waals surface area contributed by atoms with Gasteiger partial charge in [0.1, 0.15) is 0 Å². The largest absolute Gasteiger partial charge is 0.371 e. The number of hydrogen-bond donors (Lipinski definition) is 1. The van der Waals surface area contributed by atoms with Gasteiger partial charge in [-0.1, -0.05) is 0 Å². The van der Waals surface area contributed by atoms with Gasteiger partial charge in [0.2, 0.25) is 0 Å². The van der Waals surface area contributed by atoms with Crippen LogP contribution >= 0.6 is 0 Å². The van der Waals surface area contributed by atoms with Crippen LogP contribution in [0.2, 0.25) is 0 Å². The summed E-state index contributed by atoms with van der Waals surface area (Å²) in [6, 6.07) is 12.9. The maximum atomic E-state index is 12.4. The molecule has 0 spiro atoms. The molecule has 1 atom stereocenters. The zero-order valence-corrected chi connectivity index (χ0v) is 14.9. The SMILES string of the molecule is Cc1cc(NC(=O)c2ccc([S@@](C)=O)cc2)ccc1N1CCCC1. The predicted molar refractivity (Wildman–Crippen MR) is 99.4 cm³/mol. The number of nitrogens with zero attached hydrogens (tertiary/aromatic N) is 1. The summed E-state index contributed by atoms with van der Waals surface area (Å²) in [6.45, 7) is 4.30. The molecule has 0 saturated carbocycles. The molecule has 5 heteroatoms. The number of hydrogen-bond acceptors (Lipinski definition) is 3. The summed E-state index contributed by atoms with van der Waals surface area (Å²) in [5, 5.41) is 2.93. The van der Waals surface area contributed by atoms with Crippen LogP contribution in [0.25, 0.3) is 0 Å². The van der Waals surface area contributed by atoms with Crippen LogP contribution in [0, 0.1) is 6.92 Å². The monoisotopic (exact) mass is 342 g/mol. The van der Waals surface area contributed by atoms with Crippen molar-refractivity contribution in [3.63, 3.8) is 0 Å². The molecule has 2 aromatic rings. The molecule has 2 aromatic carbocycles. The highest BCUT2D eigenvalue weighted by molar-refractivity contribution is 7.84. The van der Waals surface area contributed by atoms with Crippen LogP contribution in [0.4, 0.5) is 11.4 Å². The van der Waals surface area contributed by atoms with Gasteiger partial charge >= 0.3 is 0 Å². The Balaban J connectivity index is 1.72. The molecular formula is C19H22N2O2S. The number of aryl methyl sites for hydroxylation is 1. The highest BCUT2D eigenvalue weighted by Gasteiger charge is 2.15. The first-order valence-electron chi connectivity index (χ1n) is 8.15. The fourth-order valence-corrected chi connectivity index (χ4v) is 3.57. The van der Waals surface area contributed by atoms with E-state index in [1.165, 1.54) is 24.1 Å². The van der Waals surface area contributed by atoms with Crippen molar-refractivity contribution in [1.82, 2.24) is 0 Å². The maximum absolute atomic E-state index is 12.4. The first-order chi connectivity index (χ1) is 11.5. The number of nitrogens with one attached hydrogen (secondary N) is 1. The average molecular weight is 342 g/mol. The molecule has 3 rings (SSSR count). The van der Waals surface area contributed by atoms with Gasteiger partial charge in [0.15, 0.2) is 0 Å². The number of rotatable bonds is 4. The molecule has 0 radical (unpaired) electrons. The number of benzene rings is 2. The Kier molecular flexibility index (Phi) is 5.00. The van der Waals surface area contributed by atoms with Gasteiger partial charge in [-0.3, -0.25) is 9.00 Å². The van der Waals surface area contributed by atoms with Crippen LogP contribution in [0.5, 0.6) is 0 Å². The predicted octanol–water partition coefficient (Wildman–Crippen LogP) is 3.58. The van der Waals surface area contributed by atoms with Crippen molar-refractivity contribution < 1.29 is 9.00 Å². The van der Waals surface area contributed by atoms with E-state index in [4.69, 9.17) is 0 Å². The lowest BCUT2D eigenvalue weighted by Crippen LogP contribution is -2.19. The molecule has 0 unspecified atom stereocenters. The quantitative estimate of drug-likeness (QED) is 0.924. The van der Waals surface area contributed by atoms with Crippen molar-refractivity contribution >= 4 is 28.1 Å². The second kappa shape index (κ2) is 7.18. The topological polar surface area (TPSA) is 49.4 Å². The summed E-state index contributed by atoms with van der Waals surface area (Å²) in [5.41, 5.74) is 3.78. The van der Waals surface area contributed by atoms with Gasteiger partial charge in [-0.2, -0.15) is 0 Å². The molecule has 4 nitrogen and oxygen atoms in total. The molecule has 1 aliphatic heterocycles. The maximum Gasteiger partial charge on any atom is 0.255 e. The summed E-state index contributed by atoms with van der Waals surface area (Å²) in [7, 11) is -1.03. The van der Waals surface area contributed by atoms with Crippen LogP contribution in [-0.4, -0.2) is 29.5 Å². The summed E-state index contributed by atoms with van der Waals surface area (Å²) in [4.78, 5) is 15.5. The molecule has 1 fully saturated rings. The molecular weight excluding hydrogens is 320 g/mol. The molecule has 1 N–H and O–H groups in total. The molecule has 1 amide bonds. The minimum Gasteiger partial charge on any atom is -0.371 e. The van der Waals surface area contributed by atoms with E-state index < -0.39 is 10.8 Å². The zero-order chi connectivity index (χ0) is 17.1. The third-order valence-electron chi connectivity index (χ3n) is 4.35. The fraction of sp³-hybridized carbons (Fsp3) is 0.316. The molecule has 1 heterocycles. The Morgan fingerprint density at radius 1 is 1.08 bits per heavy atom. The van der Waals surface area contributed by atoms with Crippen LogP contribution in [0.3, 0.4) is 0 Å². The molecule has 1 saturated heterocycles. The average Bonchev–Trinajstić information content (AvgIpc) is 3.09. The summed E-state index contributed by atoms with van der Waals surface area (Å²) < 4.78 is 11.4. The Bertz CT molecular complexity index is 765. The second-order valence-corrected chi connectivity index (χ2v) is 7.51. The zero-order valence-electron chi connectivity index (χ0n) is 14.0. The van der Waals surface area contributed by atoms with Gasteiger partial charge in [0, 0.05) is 52.0 Å². The Morgan fingerprint density at radius 2 is 1.75 bits per heavy atom. The number of anilines is 2. The van der Waals surface area contributed by atoms with Crippen molar-refractivity contribution in [2.45, 2.75) is 24.7 Å². The lowest BCUT2D eigenvalue weighted by atomic mass is 10.1. The van der Waals surface area contributed by atoms with E-state index in [1.807, 2.05) is 12.1 Å². The Labute approximate surface area is 145 Å². The van der Waals surface area contributed by atoms with Crippen LogP contribution in [-0.2, 0) is 10.8 Å². The van der Waals surface area contributed by atoms with Gasteiger partial charge in [-0.05, 0) is 67.8 Å². The summed E-state index contributed by atoms with van der Waals surface area (Å²) in [5.74, 6) is -0.156. The first-order valence-corrected chi connectivity index (χ1v) is 9.71. The lowest BCUT2D eigenvalue weighted by Gasteiger charge is -2.20. The third-order valence-corrected chi connectivity index (χ3v) is 5.29. The van der Waals surface area contributed by atoms with Crippen molar-refractivity contribution in [3.05, 3.63) is 53.6 Å². The summed E-state index contributed by atoms with van der Waals surface area (Å²) in [6.07, 6.45) is 4.12. The third kappa shape index (κ3) is 3.67. The Morgan fingerprint density at radius 3 is 2.33 bits per heavy atom. The van der Waals surface area contributed by atoms with E-state index in [1.54, 1.807) is 30.5 Å². The van der Waals surface area contributed by atoms with E-state index in [-0.39, 0.29) is 5.91 Å². The summed E-state index contributed by atoms with van der Waals surface area (Å²) >= 11 is 0. The lowest BCUT2D eigenvalue weighted by molar-refractivity contribution is 0.102. The minimum absolute atomic E-state index is 0.156. The molecule has 24 heavy (non-hydrogen) atoms. The van der Waals surface area contributed by atoms with Crippen molar-refractivity contribution in [2.24, 2.45) is 0 Å². The Hall–Kier alpha value is -2.14. The number of amides is 1. The molecule has 0 bridgehead atoms. The normalized spacial score (nSPS) is 15.3. The van der Waals surface area contributed by atoms with E-state index in [2.05, 4.69) is 23.2 Å². The van der Waals surface area contributed by atoms with E-state index in [0.717, 1.165) is 23.7 Å².